The summed E-state index contributed by atoms with van der Waals surface area (Å²) in [7, 11) is 0. The van der Waals surface area contributed by atoms with Crippen LogP contribution in [0.4, 0.5) is 5.69 Å². The number of hydrogen-bond acceptors (Lipinski definition) is 4. The lowest BCUT2D eigenvalue weighted by Gasteiger charge is -2.00. The van der Waals surface area contributed by atoms with Gasteiger partial charge in [0.05, 0.1) is 0 Å². The monoisotopic (exact) mass is 141 g/mol. The number of anilines is 1. The lowest BCUT2D eigenvalue weighted by Crippen LogP contribution is -1.85. The molecule has 0 radical (unpaired) electrons. The van der Waals surface area contributed by atoms with Crippen molar-refractivity contribution < 1.29 is 15.3 Å². The van der Waals surface area contributed by atoms with Gasteiger partial charge in [0, 0.05) is 12.1 Å². The topological polar surface area (TPSA) is 86.7 Å². The molecule has 0 saturated heterocycles. The molecule has 54 valence electrons. The van der Waals surface area contributed by atoms with Crippen molar-refractivity contribution in [3.63, 3.8) is 0 Å². The first kappa shape index (κ1) is 6.54. The fourth-order valence-electron chi connectivity index (χ4n) is 0.609. The molecule has 0 bridgehead atoms. The zero-order valence-electron chi connectivity index (χ0n) is 5.07. The van der Waals surface area contributed by atoms with Gasteiger partial charge in [0.15, 0.2) is 0 Å². The van der Waals surface area contributed by atoms with Crippen LogP contribution in [0.5, 0.6) is 17.2 Å². The van der Waals surface area contributed by atoms with Gasteiger partial charge in [-0.25, -0.2) is 0 Å². The molecule has 4 nitrogen and oxygen atoms in total. The van der Waals surface area contributed by atoms with E-state index in [2.05, 4.69) is 0 Å². The molecule has 0 fully saturated rings. The Bertz CT molecular complexity index is 236. The van der Waals surface area contributed by atoms with E-state index in [0.29, 0.717) is 0 Å². The summed E-state index contributed by atoms with van der Waals surface area (Å²) in [6.07, 6.45) is 0. The summed E-state index contributed by atoms with van der Waals surface area (Å²) in [5.41, 5.74) is 5.01. The molecule has 0 aliphatic rings. The first-order valence-corrected chi connectivity index (χ1v) is 2.61. The number of aromatic hydroxyl groups is 3. The van der Waals surface area contributed by atoms with Crippen molar-refractivity contribution in [3.8, 4) is 17.2 Å². The maximum absolute atomic E-state index is 8.84. The second-order valence-corrected chi connectivity index (χ2v) is 1.90. The zero-order chi connectivity index (χ0) is 7.72. The molecule has 4 heteroatoms. The van der Waals surface area contributed by atoms with Crippen molar-refractivity contribution in [1.82, 2.24) is 0 Å². The molecule has 10 heavy (non-hydrogen) atoms. The van der Waals surface area contributed by atoms with Gasteiger partial charge in [0.2, 0.25) is 0 Å². The summed E-state index contributed by atoms with van der Waals surface area (Å²) in [6, 6.07) is 2.10. The van der Waals surface area contributed by atoms with Crippen LogP contribution in [0.3, 0.4) is 0 Å². The van der Waals surface area contributed by atoms with Gasteiger partial charge < -0.3 is 21.1 Å². The SMILES string of the molecule is Nc1c(O)cc(O)cc1O. The van der Waals surface area contributed by atoms with Crippen LogP contribution < -0.4 is 5.73 Å². The average Bonchev–Trinajstić information content (AvgIpc) is 1.82. The van der Waals surface area contributed by atoms with Gasteiger partial charge in [0.25, 0.3) is 0 Å². The lowest BCUT2D eigenvalue weighted by atomic mass is 10.2. The molecule has 1 aromatic carbocycles. The minimum atomic E-state index is -0.322. The van der Waals surface area contributed by atoms with E-state index in [9.17, 15) is 0 Å². The summed E-state index contributed by atoms with van der Waals surface area (Å²) in [5, 5.41) is 26.4. The highest BCUT2D eigenvalue weighted by Crippen LogP contribution is 2.33. The largest absolute Gasteiger partial charge is 0.508 e. The minimum absolute atomic E-state index is 0.127. The van der Waals surface area contributed by atoms with Gasteiger partial charge in [-0.15, -0.1) is 0 Å². The molecule has 0 aliphatic heterocycles. The molecule has 0 amide bonds. The van der Waals surface area contributed by atoms with Crippen molar-refractivity contribution in [1.29, 1.82) is 0 Å². The van der Waals surface area contributed by atoms with Gasteiger partial charge in [-0.1, -0.05) is 0 Å². The minimum Gasteiger partial charge on any atom is -0.508 e. The standard InChI is InChI=1S/C6H7NO3/c7-6-4(9)1-3(8)2-5(6)10/h1-2,8-10H,7H2. The maximum Gasteiger partial charge on any atom is 0.145 e. The molecule has 1 aromatic rings. The third-order valence-corrected chi connectivity index (χ3v) is 1.12. The Morgan fingerprint density at radius 1 is 1.00 bits per heavy atom. The fraction of sp³-hybridized carbons (Fsp3) is 0. The molecular formula is C6H7NO3. The van der Waals surface area contributed by atoms with Crippen LogP contribution in [-0.2, 0) is 0 Å². The normalized spacial score (nSPS) is 9.60. The van der Waals surface area contributed by atoms with Crippen LogP contribution in [0.1, 0.15) is 0 Å². The summed E-state index contributed by atoms with van der Waals surface area (Å²) >= 11 is 0. The van der Waals surface area contributed by atoms with Crippen LogP contribution >= 0.6 is 0 Å². The quantitative estimate of drug-likeness (QED) is 0.239. The van der Waals surface area contributed by atoms with Gasteiger partial charge in [-0.3, -0.25) is 0 Å². The van der Waals surface area contributed by atoms with E-state index in [1.54, 1.807) is 0 Å². The molecule has 0 heterocycles. The van der Waals surface area contributed by atoms with Crippen LogP contribution in [0.25, 0.3) is 0 Å². The number of nitrogen functional groups attached to an aromatic ring is 1. The smallest absolute Gasteiger partial charge is 0.145 e. The first-order valence-electron chi connectivity index (χ1n) is 2.61. The third kappa shape index (κ3) is 0.907. The van der Waals surface area contributed by atoms with E-state index in [-0.39, 0.29) is 22.9 Å². The predicted molar refractivity (Wildman–Crippen MR) is 35.8 cm³/mol. The summed E-state index contributed by atoms with van der Waals surface area (Å²) < 4.78 is 0. The van der Waals surface area contributed by atoms with E-state index in [1.165, 1.54) is 0 Å². The van der Waals surface area contributed by atoms with Gasteiger partial charge in [-0.05, 0) is 0 Å². The van der Waals surface area contributed by atoms with Crippen LogP contribution in [0.15, 0.2) is 12.1 Å². The molecule has 0 atom stereocenters. The van der Waals surface area contributed by atoms with Crippen molar-refractivity contribution in [2.75, 3.05) is 5.73 Å². The van der Waals surface area contributed by atoms with Gasteiger partial charge in [-0.2, -0.15) is 0 Å². The molecule has 0 spiro atoms. The summed E-state index contributed by atoms with van der Waals surface area (Å²) in [5.74, 6) is -0.862. The second-order valence-electron chi connectivity index (χ2n) is 1.90. The Morgan fingerprint density at radius 3 is 1.80 bits per heavy atom. The van der Waals surface area contributed by atoms with Crippen molar-refractivity contribution in [3.05, 3.63) is 12.1 Å². The molecular weight excluding hydrogens is 134 g/mol. The molecule has 5 N–H and O–H groups in total. The fourth-order valence-corrected chi connectivity index (χ4v) is 0.609. The highest BCUT2D eigenvalue weighted by Gasteiger charge is 2.03. The van der Waals surface area contributed by atoms with Crippen molar-refractivity contribution in [2.24, 2.45) is 0 Å². The van der Waals surface area contributed by atoms with Crippen LogP contribution in [-0.4, -0.2) is 15.3 Å². The van der Waals surface area contributed by atoms with E-state index in [1.807, 2.05) is 0 Å². The maximum atomic E-state index is 8.84. The Balaban J connectivity index is 3.31. The van der Waals surface area contributed by atoms with Crippen LogP contribution in [0.2, 0.25) is 0 Å². The summed E-state index contributed by atoms with van der Waals surface area (Å²) in [6.45, 7) is 0. The Labute approximate surface area is 57.2 Å². The second kappa shape index (κ2) is 1.98. The Morgan fingerprint density at radius 2 is 1.40 bits per heavy atom. The number of hydrogen-bond donors (Lipinski definition) is 4. The van der Waals surface area contributed by atoms with Crippen LogP contribution in [0, 0.1) is 0 Å². The average molecular weight is 141 g/mol. The molecule has 1 rings (SSSR count). The molecule has 0 aromatic heterocycles. The number of nitrogens with two attached hydrogens (primary N) is 1. The zero-order valence-corrected chi connectivity index (χ0v) is 5.07. The number of phenols is 3. The highest BCUT2D eigenvalue weighted by molar-refractivity contribution is 5.64. The van der Waals surface area contributed by atoms with E-state index in [0.717, 1.165) is 12.1 Å². The van der Waals surface area contributed by atoms with E-state index in [4.69, 9.17) is 21.1 Å². The van der Waals surface area contributed by atoms with E-state index < -0.39 is 0 Å². The molecule has 0 saturated carbocycles. The van der Waals surface area contributed by atoms with Gasteiger partial charge >= 0.3 is 0 Å². The number of phenolic OH excluding ortho intramolecular Hbond substituents is 3. The number of benzene rings is 1. The molecule has 0 unspecified atom stereocenters. The lowest BCUT2D eigenvalue weighted by molar-refractivity contribution is 0.431. The van der Waals surface area contributed by atoms with Gasteiger partial charge in [0.1, 0.15) is 22.9 Å². The van der Waals surface area contributed by atoms with E-state index >= 15 is 0 Å². The Kier molecular flexibility index (Phi) is 1.30. The van der Waals surface area contributed by atoms with Crippen molar-refractivity contribution >= 4 is 5.69 Å². The first-order chi connectivity index (χ1) is 4.61. The third-order valence-electron chi connectivity index (χ3n) is 1.12. The summed E-state index contributed by atoms with van der Waals surface area (Å²) in [4.78, 5) is 0. The number of rotatable bonds is 0. The Hall–Kier alpha value is -1.58. The predicted octanol–water partition coefficient (Wildman–Crippen LogP) is 0.386. The molecule has 0 aliphatic carbocycles. The highest BCUT2D eigenvalue weighted by atomic mass is 16.3. The van der Waals surface area contributed by atoms with Crippen molar-refractivity contribution in [2.45, 2.75) is 0 Å².